The summed E-state index contributed by atoms with van der Waals surface area (Å²) in [6.07, 6.45) is 2.57. The summed E-state index contributed by atoms with van der Waals surface area (Å²) in [4.78, 5) is 15.8. The molecule has 3 heteroatoms. The Balaban J connectivity index is 1.98. The molecule has 0 saturated heterocycles. The average molecular weight is 202 g/mol. The second-order valence-electron chi connectivity index (χ2n) is 3.99. The SMILES string of the molecule is CC(C)=C1CC1C(=O)Nc1ccccn1. The molecule has 1 heterocycles. The third kappa shape index (κ3) is 2.24. The predicted octanol–water partition coefficient (Wildman–Crippen LogP) is 2.38. The maximum Gasteiger partial charge on any atom is 0.233 e. The number of pyridine rings is 1. The molecule has 3 nitrogen and oxygen atoms in total. The molecule has 1 aromatic heterocycles. The van der Waals surface area contributed by atoms with Gasteiger partial charge in [0.25, 0.3) is 0 Å². The number of carbonyl (C=O) groups excluding carboxylic acids is 1. The highest BCUT2D eigenvalue weighted by Crippen LogP contribution is 2.40. The van der Waals surface area contributed by atoms with Crippen molar-refractivity contribution in [1.29, 1.82) is 0 Å². The van der Waals surface area contributed by atoms with Gasteiger partial charge in [-0.25, -0.2) is 4.98 Å². The Kier molecular flexibility index (Phi) is 2.54. The first-order valence-electron chi connectivity index (χ1n) is 5.06. The van der Waals surface area contributed by atoms with E-state index in [1.54, 1.807) is 12.3 Å². The zero-order chi connectivity index (χ0) is 10.8. The normalized spacial score (nSPS) is 18.5. The number of allylic oxidation sites excluding steroid dienone is 1. The molecule has 0 aromatic carbocycles. The lowest BCUT2D eigenvalue weighted by atomic mass is 10.2. The van der Waals surface area contributed by atoms with Crippen LogP contribution in [0.3, 0.4) is 0 Å². The summed E-state index contributed by atoms with van der Waals surface area (Å²) < 4.78 is 0. The van der Waals surface area contributed by atoms with Gasteiger partial charge in [-0.15, -0.1) is 0 Å². The van der Waals surface area contributed by atoms with Crippen LogP contribution in [0.15, 0.2) is 35.5 Å². The number of carbonyl (C=O) groups is 1. The fraction of sp³-hybridized carbons (Fsp3) is 0.333. The van der Waals surface area contributed by atoms with Crippen LogP contribution in [0.5, 0.6) is 0 Å². The Morgan fingerprint density at radius 1 is 1.47 bits per heavy atom. The molecular weight excluding hydrogens is 188 g/mol. The van der Waals surface area contributed by atoms with Gasteiger partial charge in [-0.3, -0.25) is 4.79 Å². The summed E-state index contributed by atoms with van der Waals surface area (Å²) in [5.74, 6) is 0.768. The van der Waals surface area contributed by atoms with Crippen molar-refractivity contribution in [2.24, 2.45) is 5.92 Å². The number of anilines is 1. The molecule has 0 bridgehead atoms. The molecule has 1 aliphatic carbocycles. The van der Waals surface area contributed by atoms with E-state index in [-0.39, 0.29) is 11.8 Å². The molecule has 78 valence electrons. The van der Waals surface area contributed by atoms with E-state index in [1.807, 2.05) is 26.0 Å². The summed E-state index contributed by atoms with van der Waals surface area (Å²) in [6.45, 7) is 4.09. The number of rotatable bonds is 2. The second-order valence-corrected chi connectivity index (χ2v) is 3.99. The fourth-order valence-electron chi connectivity index (χ4n) is 1.61. The van der Waals surface area contributed by atoms with E-state index in [9.17, 15) is 4.79 Å². The van der Waals surface area contributed by atoms with Crippen LogP contribution in [0.1, 0.15) is 20.3 Å². The van der Waals surface area contributed by atoms with E-state index in [2.05, 4.69) is 10.3 Å². The topological polar surface area (TPSA) is 42.0 Å². The van der Waals surface area contributed by atoms with Gasteiger partial charge in [0.05, 0.1) is 5.92 Å². The quantitative estimate of drug-likeness (QED) is 0.748. The fourth-order valence-corrected chi connectivity index (χ4v) is 1.61. The van der Waals surface area contributed by atoms with Gasteiger partial charge < -0.3 is 5.32 Å². The molecule has 0 spiro atoms. The number of nitrogens with zero attached hydrogens (tertiary/aromatic N) is 1. The Hall–Kier alpha value is -1.64. The van der Waals surface area contributed by atoms with Crippen LogP contribution in [-0.2, 0) is 4.79 Å². The number of aromatic nitrogens is 1. The van der Waals surface area contributed by atoms with Gasteiger partial charge in [0.15, 0.2) is 0 Å². The van der Waals surface area contributed by atoms with Gasteiger partial charge in [0.1, 0.15) is 5.82 Å². The van der Waals surface area contributed by atoms with Crippen molar-refractivity contribution < 1.29 is 4.79 Å². The Morgan fingerprint density at radius 2 is 2.27 bits per heavy atom. The maximum atomic E-state index is 11.7. The van der Waals surface area contributed by atoms with Crippen LogP contribution in [0.2, 0.25) is 0 Å². The average Bonchev–Trinajstić information content (AvgIpc) is 2.98. The minimum absolute atomic E-state index is 0.0601. The van der Waals surface area contributed by atoms with Crippen LogP contribution in [0.4, 0.5) is 5.82 Å². The summed E-state index contributed by atoms with van der Waals surface area (Å²) in [5.41, 5.74) is 2.53. The number of nitrogens with one attached hydrogen (secondary N) is 1. The van der Waals surface area contributed by atoms with E-state index >= 15 is 0 Å². The predicted molar refractivity (Wildman–Crippen MR) is 59.3 cm³/mol. The molecule has 15 heavy (non-hydrogen) atoms. The lowest BCUT2D eigenvalue weighted by Crippen LogP contribution is -2.14. The Bertz CT molecular complexity index is 405. The summed E-state index contributed by atoms with van der Waals surface area (Å²) in [6, 6.07) is 5.48. The zero-order valence-corrected chi connectivity index (χ0v) is 8.95. The molecule has 1 atom stereocenters. The minimum atomic E-state index is 0.0601. The van der Waals surface area contributed by atoms with Crippen molar-refractivity contribution in [2.75, 3.05) is 5.32 Å². The van der Waals surface area contributed by atoms with E-state index in [4.69, 9.17) is 0 Å². The van der Waals surface area contributed by atoms with Crippen molar-refractivity contribution in [1.82, 2.24) is 4.98 Å². The van der Waals surface area contributed by atoms with Gasteiger partial charge in [0, 0.05) is 6.20 Å². The monoisotopic (exact) mass is 202 g/mol. The van der Waals surface area contributed by atoms with E-state index in [0.717, 1.165) is 6.42 Å². The smallest absolute Gasteiger partial charge is 0.233 e. The van der Waals surface area contributed by atoms with E-state index < -0.39 is 0 Å². The first kappa shape index (κ1) is 9.90. The summed E-state index contributed by atoms with van der Waals surface area (Å²) in [5, 5.41) is 2.80. The first-order valence-corrected chi connectivity index (χ1v) is 5.06. The summed E-state index contributed by atoms with van der Waals surface area (Å²) >= 11 is 0. The van der Waals surface area contributed by atoms with Crippen LogP contribution in [-0.4, -0.2) is 10.9 Å². The van der Waals surface area contributed by atoms with Crippen molar-refractivity contribution in [3.63, 3.8) is 0 Å². The standard InChI is InChI=1S/C12H14N2O/c1-8(2)9-7-10(9)12(15)14-11-5-3-4-6-13-11/h3-6,10H,7H2,1-2H3,(H,13,14,15). The molecular formula is C12H14N2O. The van der Waals surface area contributed by atoms with E-state index in [1.165, 1.54) is 11.1 Å². The maximum absolute atomic E-state index is 11.7. The second kappa shape index (κ2) is 3.85. The van der Waals surface area contributed by atoms with Crippen LogP contribution in [0, 0.1) is 5.92 Å². The highest BCUT2D eigenvalue weighted by molar-refractivity contribution is 5.96. The van der Waals surface area contributed by atoms with Crippen molar-refractivity contribution in [3.8, 4) is 0 Å². The minimum Gasteiger partial charge on any atom is -0.310 e. The van der Waals surface area contributed by atoms with Gasteiger partial charge in [-0.2, -0.15) is 0 Å². The van der Waals surface area contributed by atoms with E-state index in [0.29, 0.717) is 5.82 Å². The van der Waals surface area contributed by atoms with Crippen LogP contribution in [0.25, 0.3) is 0 Å². The molecule has 1 saturated carbocycles. The van der Waals surface area contributed by atoms with Crippen LogP contribution < -0.4 is 5.32 Å². The summed E-state index contributed by atoms with van der Waals surface area (Å²) in [7, 11) is 0. The number of hydrogen-bond donors (Lipinski definition) is 1. The van der Waals surface area contributed by atoms with Gasteiger partial charge in [-0.05, 0) is 32.4 Å². The van der Waals surface area contributed by atoms with Crippen molar-refractivity contribution in [3.05, 3.63) is 35.5 Å². The molecule has 0 radical (unpaired) electrons. The largest absolute Gasteiger partial charge is 0.310 e. The lowest BCUT2D eigenvalue weighted by molar-refractivity contribution is -0.117. The highest BCUT2D eigenvalue weighted by atomic mass is 16.2. The molecule has 1 fully saturated rings. The van der Waals surface area contributed by atoms with Gasteiger partial charge in [0.2, 0.25) is 5.91 Å². The third-order valence-corrected chi connectivity index (χ3v) is 2.56. The van der Waals surface area contributed by atoms with Crippen LogP contribution >= 0.6 is 0 Å². The number of hydrogen-bond acceptors (Lipinski definition) is 2. The Morgan fingerprint density at radius 3 is 2.80 bits per heavy atom. The molecule has 0 aliphatic heterocycles. The molecule has 1 amide bonds. The Labute approximate surface area is 89.2 Å². The van der Waals surface area contributed by atoms with Crippen molar-refractivity contribution >= 4 is 11.7 Å². The number of amides is 1. The molecule has 1 aliphatic rings. The molecule has 2 rings (SSSR count). The molecule has 1 N–H and O–H groups in total. The van der Waals surface area contributed by atoms with Crippen molar-refractivity contribution in [2.45, 2.75) is 20.3 Å². The molecule has 1 unspecified atom stereocenters. The zero-order valence-electron chi connectivity index (χ0n) is 8.95. The van der Waals surface area contributed by atoms with Gasteiger partial charge >= 0.3 is 0 Å². The first-order chi connectivity index (χ1) is 7.18. The van der Waals surface area contributed by atoms with Gasteiger partial charge in [-0.1, -0.05) is 17.2 Å². The third-order valence-electron chi connectivity index (χ3n) is 2.56. The highest BCUT2D eigenvalue weighted by Gasteiger charge is 2.37. The lowest BCUT2D eigenvalue weighted by Gasteiger charge is -2.01. The molecule has 1 aromatic rings.